The zero-order chi connectivity index (χ0) is 7.28. The topological polar surface area (TPSA) is 43.1 Å². The van der Waals surface area contributed by atoms with Gasteiger partial charge in [-0.3, -0.25) is 4.79 Å². The van der Waals surface area contributed by atoms with Gasteiger partial charge in [0.05, 0.1) is 0 Å². The van der Waals surface area contributed by atoms with E-state index in [0.717, 1.165) is 23.9 Å². The van der Waals surface area contributed by atoms with E-state index < -0.39 is 0 Å². The number of hydrogen-bond donors (Lipinski definition) is 1. The fourth-order valence-electron chi connectivity index (χ4n) is 0.617. The van der Waals surface area contributed by atoms with Crippen LogP contribution in [0.25, 0.3) is 0 Å². The van der Waals surface area contributed by atoms with Crippen LogP contribution in [0.2, 0.25) is 0 Å². The summed E-state index contributed by atoms with van der Waals surface area (Å²) >= 11 is 0. The van der Waals surface area contributed by atoms with E-state index in [2.05, 4.69) is 0 Å². The zero-order valence-electron chi connectivity index (χ0n) is 5.98. The first-order valence-corrected chi connectivity index (χ1v) is 3.10. The third-order valence-electron chi connectivity index (χ3n) is 1.38. The van der Waals surface area contributed by atoms with Gasteiger partial charge < -0.3 is 5.73 Å². The lowest BCUT2D eigenvalue weighted by Crippen LogP contribution is -2.03. The van der Waals surface area contributed by atoms with Crippen LogP contribution in [0.5, 0.6) is 0 Å². The minimum Gasteiger partial charge on any atom is -0.327 e. The van der Waals surface area contributed by atoms with Crippen LogP contribution in [-0.4, -0.2) is 12.8 Å². The van der Waals surface area contributed by atoms with Gasteiger partial charge in [-0.15, -0.1) is 0 Å². The van der Waals surface area contributed by atoms with Crippen LogP contribution in [0.4, 0.5) is 0 Å². The Hall–Kier alpha value is -0.630. The maximum Gasteiger partial charge on any atom is 0.146 e. The molecule has 0 aromatic carbocycles. The van der Waals surface area contributed by atoms with E-state index in [9.17, 15) is 4.79 Å². The molecule has 0 heterocycles. The average molecular weight is 127 g/mol. The smallest absolute Gasteiger partial charge is 0.146 e. The molecule has 0 rings (SSSR count). The number of aldehydes is 1. The Bertz CT molecular complexity index is 127. The molecule has 0 saturated heterocycles. The van der Waals surface area contributed by atoms with Crippen molar-refractivity contribution < 1.29 is 4.79 Å². The normalized spacial score (nSPS) is 12.8. The molecule has 0 bridgehead atoms. The summed E-state index contributed by atoms with van der Waals surface area (Å²) in [6, 6.07) is 0. The first-order valence-electron chi connectivity index (χ1n) is 3.10. The number of carbonyl (C=O) groups excluding carboxylic acids is 1. The Balaban J connectivity index is 4.18. The number of rotatable bonds is 3. The van der Waals surface area contributed by atoms with Crippen molar-refractivity contribution in [1.29, 1.82) is 0 Å². The molecule has 2 N–H and O–H groups in total. The van der Waals surface area contributed by atoms with Crippen LogP contribution in [0.3, 0.4) is 0 Å². The van der Waals surface area contributed by atoms with E-state index in [1.54, 1.807) is 0 Å². The van der Waals surface area contributed by atoms with Gasteiger partial charge in [-0.2, -0.15) is 0 Å². The van der Waals surface area contributed by atoms with Gasteiger partial charge in [0.1, 0.15) is 6.29 Å². The van der Waals surface area contributed by atoms with Crippen molar-refractivity contribution in [2.24, 2.45) is 5.73 Å². The Kier molecular flexibility index (Phi) is 3.97. The molecule has 0 spiro atoms. The van der Waals surface area contributed by atoms with Crippen molar-refractivity contribution >= 4 is 6.29 Å². The highest BCUT2D eigenvalue weighted by molar-refractivity contribution is 5.74. The van der Waals surface area contributed by atoms with Crippen molar-refractivity contribution in [3.8, 4) is 0 Å². The van der Waals surface area contributed by atoms with Gasteiger partial charge in [0.2, 0.25) is 0 Å². The molecule has 0 unspecified atom stereocenters. The molecule has 0 radical (unpaired) electrons. The summed E-state index contributed by atoms with van der Waals surface area (Å²) in [4.78, 5) is 10.2. The van der Waals surface area contributed by atoms with Gasteiger partial charge in [-0.1, -0.05) is 12.5 Å². The number of hydrogen-bond acceptors (Lipinski definition) is 2. The summed E-state index contributed by atoms with van der Waals surface area (Å²) in [5.41, 5.74) is 7.13. The molecule has 0 aliphatic rings. The van der Waals surface area contributed by atoms with Crippen LogP contribution in [0.15, 0.2) is 11.1 Å². The average Bonchev–Trinajstić information content (AvgIpc) is 1.90. The Morgan fingerprint density at radius 2 is 2.22 bits per heavy atom. The fraction of sp³-hybridized carbons (Fsp3) is 0.571. The van der Waals surface area contributed by atoms with Crippen LogP contribution in [0.1, 0.15) is 20.3 Å². The second kappa shape index (κ2) is 4.27. The molecular formula is C7H13NO. The largest absolute Gasteiger partial charge is 0.327 e. The summed E-state index contributed by atoms with van der Waals surface area (Å²) in [6.45, 7) is 4.32. The Labute approximate surface area is 55.7 Å². The van der Waals surface area contributed by atoms with E-state index in [1.807, 2.05) is 13.8 Å². The highest BCUT2D eigenvalue weighted by atomic mass is 16.1. The predicted octanol–water partition coefficient (Wildman–Crippen LogP) is 0.871. The fourth-order valence-corrected chi connectivity index (χ4v) is 0.617. The quantitative estimate of drug-likeness (QED) is 0.451. The Morgan fingerprint density at radius 1 is 1.67 bits per heavy atom. The van der Waals surface area contributed by atoms with Gasteiger partial charge >= 0.3 is 0 Å². The third kappa shape index (κ3) is 2.42. The first-order chi connectivity index (χ1) is 4.26. The molecule has 0 aromatic rings. The number of allylic oxidation sites excluding steroid dienone is 1. The van der Waals surface area contributed by atoms with Crippen LogP contribution < -0.4 is 5.73 Å². The molecule has 2 heteroatoms. The molecule has 0 fully saturated rings. The van der Waals surface area contributed by atoms with E-state index in [-0.39, 0.29) is 0 Å². The standard InChI is InChI=1S/C7H13NO/c1-3-7(5-9)6(2)4-8/h5H,3-4,8H2,1-2H3/b7-6-. The molecular weight excluding hydrogens is 114 g/mol. The minimum absolute atomic E-state index is 0.488. The van der Waals surface area contributed by atoms with Gasteiger partial charge in [-0.05, 0) is 18.9 Å². The Morgan fingerprint density at radius 3 is 2.33 bits per heavy atom. The summed E-state index contributed by atoms with van der Waals surface area (Å²) < 4.78 is 0. The second-order valence-corrected chi connectivity index (χ2v) is 1.98. The first kappa shape index (κ1) is 8.37. The van der Waals surface area contributed by atoms with Crippen molar-refractivity contribution in [2.75, 3.05) is 6.54 Å². The van der Waals surface area contributed by atoms with Crippen LogP contribution in [-0.2, 0) is 4.79 Å². The lowest BCUT2D eigenvalue weighted by molar-refractivity contribution is -0.105. The molecule has 52 valence electrons. The zero-order valence-corrected chi connectivity index (χ0v) is 5.98. The molecule has 0 atom stereocenters. The van der Waals surface area contributed by atoms with Crippen molar-refractivity contribution in [3.05, 3.63) is 11.1 Å². The maximum absolute atomic E-state index is 10.2. The maximum atomic E-state index is 10.2. The van der Waals surface area contributed by atoms with E-state index in [4.69, 9.17) is 5.73 Å². The molecule has 0 aliphatic heterocycles. The second-order valence-electron chi connectivity index (χ2n) is 1.98. The van der Waals surface area contributed by atoms with Gasteiger partial charge in [0.25, 0.3) is 0 Å². The van der Waals surface area contributed by atoms with Crippen molar-refractivity contribution in [1.82, 2.24) is 0 Å². The summed E-state index contributed by atoms with van der Waals surface area (Å²) in [5.74, 6) is 0. The van der Waals surface area contributed by atoms with E-state index in [1.165, 1.54) is 0 Å². The van der Waals surface area contributed by atoms with Gasteiger partial charge in [0.15, 0.2) is 0 Å². The van der Waals surface area contributed by atoms with Crippen molar-refractivity contribution in [2.45, 2.75) is 20.3 Å². The van der Waals surface area contributed by atoms with E-state index >= 15 is 0 Å². The van der Waals surface area contributed by atoms with Crippen LogP contribution in [0, 0.1) is 0 Å². The third-order valence-corrected chi connectivity index (χ3v) is 1.38. The summed E-state index contributed by atoms with van der Waals surface area (Å²) in [7, 11) is 0. The lowest BCUT2D eigenvalue weighted by atomic mass is 10.1. The molecule has 0 saturated carbocycles. The SMILES string of the molecule is CC/C(C=O)=C(\C)CN. The predicted molar refractivity (Wildman–Crippen MR) is 38.1 cm³/mol. The van der Waals surface area contributed by atoms with Crippen LogP contribution >= 0.6 is 0 Å². The van der Waals surface area contributed by atoms with Crippen molar-refractivity contribution in [3.63, 3.8) is 0 Å². The summed E-state index contributed by atoms with van der Waals surface area (Å²) in [5, 5.41) is 0. The molecule has 0 aromatic heterocycles. The minimum atomic E-state index is 0.488. The summed E-state index contributed by atoms with van der Waals surface area (Å²) in [6.07, 6.45) is 1.66. The van der Waals surface area contributed by atoms with Gasteiger partial charge in [0, 0.05) is 6.54 Å². The highest BCUT2D eigenvalue weighted by Crippen LogP contribution is 2.02. The molecule has 2 nitrogen and oxygen atoms in total. The molecule has 0 amide bonds. The number of carbonyl (C=O) groups is 1. The number of nitrogens with two attached hydrogens (primary N) is 1. The molecule has 9 heavy (non-hydrogen) atoms. The van der Waals surface area contributed by atoms with E-state index in [0.29, 0.717) is 6.54 Å². The highest BCUT2D eigenvalue weighted by Gasteiger charge is 1.94. The molecule has 0 aliphatic carbocycles. The monoisotopic (exact) mass is 127 g/mol. The lowest BCUT2D eigenvalue weighted by Gasteiger charge is -1.98. The van der Waals surface area contributed by atoms with Gasteiger partial charge in [-0.25, -0.2) is 0 Å².